The van der Waals surface area contributed by atoms with Crippen LogP contribution in [0.4, 0.5) is 18.9 Å². The second kappa shape index (κ2) is 6.80. The Hall–Kier alpha value is -2.87. The van der Waals surface area contributed by atoms with Gasteiger partial charge in [0.05, 0.1) is 12.1 Å². The highest BCUT2D eigenvalue weighted by atomic mass is 19.4. The molecule has 1 atom stereocenters. The van der Waals surface area contributed by atoms with E-state index in [9.17, 15) is 18.0 Å². The zero-order valence-electron chi connectivity index (χ0n) is 13.6. The van der Waals surface area contributed by atoms with E-state index in [1.165, 1.54) is 6.07 Å². The van der Waals surface area contributed by atoms with E-state index in [2.05, 4.69) is 21.7 Å². The topological polar surface area (TPSA) is 79.5 Å². The summed E-state index contributed by atoms with van der Waals surface area (Å²) in [6.45, 7) is 1.13. The second-order valence-corrected chi connectivity index (χ2v) is 5.85. The quantitative estimate of drug-likeness (QED) is 0.730. The van der Waals surface area contributed by atoms with Crippen LogP contribution in [0.2, 0.25) is 0 Å². The monoisotopic (exact) mass is 361 g/mol. The molecule has 0 aliphatic carbocycles. The van der Waals surface area contributed by atoms with Gasteiger partial charge in [0.1, 0.15) is 11.8 Å². The van der Waals surface area contributed by atoms with Crippen molar-refractivity contribution in [2.45, 2.75) is 11.7 Å². The molecule has 0 saturated carbocycles. The number of hydrogen-bond donors (Lipinski definition) is 3. The van der Waals surface area contributed by atoms with Gasteiger partial charge in [-0.1, -0.05) is 24.3 Å². The molecule has 1 unspecified atom stereocenters. The van der Waals surface area contributed by atoms with Crippen molar-refractivity contribution in [1.82, 2.24) is 5.32 Å². The number of nitrogens with one attached hydrogen (secondary N) is 2. The molecule has 135 valence electrons. The van der Waals surface area contributed by atoms with E-state index in [1.807, 2.05) is 0 Å². The lowest BCUT2D eigenvalue weighted by atomic mass is 9.84. The van der Waals surface area contributed by atoms with Crippen LogP contribution in [0, 0.1) is 6.07 Å². The van der Waals surface area contributed by atoms with E-state index in [1.54, 1.807) is 24.3 Å². The highest BCUT2D eigenvalue weighted by Crippen LogP contribution is 2.35. The number of anilines is 1. The molecule has 1 aliphatic rings. The summed E-state index contributed by atoms with van der Waals surface area (Å²) in [5.41, 5.74) is 4.11. The van der Waals surface area contributed by atoms with Crippen LogP contribution in [0.25, 0.3) is 0 Å². The minimum Gasteiger partial charge on any atom is -0.354 e. The van der Waals surface area contributed by atoms with Gasteiger partial charge in [-0.3, -0.25) is 4.99 Å². The summed E-state index contributed by atoms with van der Waals surface area (Å²) in [4.78, 5) is 15.9. The van der Waals surface area contributed by atoms with E-state index < -0.39 is 17.3 Å². The lowest BCUT2D eigenvalue weighted by Gasteiger charge is -2.26. The average Bonchev–Trinajstić information content (AvgIpc) is 3.13. The van der Waals surface area contributed by atoms with Gasteiger partial charge in [0.15, 0.2) is 5.96 Å². The number of carbonyl (C=O) groups is 1. The molecule has 0 amide bonds. The minimum absolute atomic E-state index is 0.0228. The van der Waals surface area contributed by atoms with E-state index in [0.717, 1.165) is 12.1 Å². The molecule has 2 aromatic carbocycles. The Morgan fingerprint density at radius 1 is 1.15 bits per heavy atom. The van der Waals surface area contributed by atoms with Crippen LogP contribution in [0.5, 0.6) is 0 Å². The Kier molecular flexibility index (Phi) is 4.69. The predicted molar refractivity (Wildman–Crippen MR) is 91.7 cm³/mol. The van der Waals surface area contributed by atoms with Crippen LogP contribution in [0.1, 0.15) is 16.7 Å². The van der Waals surface area contributed by atoms with E-state index in [0.29, 0.717) is 30.9 Å². The van der Waals surface area contributed by atoms with Crippen molar-refractivity contribution in [2.24, 2.45) is 10.7 Å². The Labute approximate surface area is 148 Å². The third kappa shape index (κ3) is 3.55. The molecule has 0 fully saturated rings. The Bertz CT molecular complexity index is 836. The zero-order valence-corrected chi connectivity index (χ0v) is 13.6. The summed E-state index contributed by atoms with van der Waals surface area (Å²) >= 11 is 0. The van der Waals surface area contributed by atoms with Gasteiger partial charge in [-0.15, -0.1) is 0 Å². The van der Waals surface area contributed by atoms with Crippen LogP contribution < -0.4 is 16.4 Å². The Balaban J connectivity index is 2.11. The van der Waals surface area contributed by atoms with Gasteiger partial charge >= 0.3 is 6.18 Å². The summed E-state index contributed by atoms with van der Waals surface area (Å²) in [5, 5.41) is 5.72. The molecular weight excluding hydrogens is 345 g/mol. The van der Waals surface area contributed by atoms with Crippen molar-refractivity contribution in [3.63, 3.8) is 0 Å². The molecule has 1 aliphatic heterocycles. The summed E-state index contributed by atoms with van der Waals surface area (Å²) in [7, 11) is 0. The minimum atomic E-state index is -4.59. The third-order valence-corrected chi connectivity index (χ3v) is 4.06. The van der Waals surface area contributed by atoms with Gasteiger partial charge in [0.25, 0.3) is 0 Å². The fourth-order valence-corrected chi connectivity index (χ4v) is 2.69. The molecule has 0 bridgehead atoms. The van der Waals surface area contributed by atoms with Crippen molar-refractivity contribution in [2.75, 3.05) is 18.4 Å². The van der Waals surface area contributed by atoms with Gasteiger partial charge in [-0.25, -0.2) is 0 Å². The highest BCUT2D eigenvalue weighted by Gasteiger charge is 2.36. The number of rotatable bonds is 4. The first-order chi connectivity index (χ1) is 12.3. The molecule has 5 nitrogen and oxygen atoms in total. The van der Waals surface area contributed by atoms with Crippen LogP contribution in [0.3, 0.4) is 0 Å². The first-order valence-corrected chi connectivity index (χ1v) is 7.83. The number of aldehydes is 1. The first-order valence-electron chi connectivity index (χ1n) is 7.83. The van der Waals surface area contributed by atoms with Crippen LogP contribution in [-0.2, 0) is 16.5 Å². The summed E-state index contributed by atoms with van der Waals surface area (Å²) < 4.78 is 40.0. The molecule has 2 aromatic rings. The number of halogens is 3. The second-order valence-electron chi connectivity index (χ2n) is 5.85. The van der Waals surface area contributed by atoms with Crippen molar-refractivity contribution in [3.05, 3.63) is 65.2 Å². The standard InChI is InChI=1S/C18H16F3N4O/c19-18(20,21)14-8-13(9-15(10-14)25-16-23-6-7-24-16)17(22,11-26)12-4-2-1-3-5-12/h2-5,8-11H,6-7,22H2,(H2,23,24,25). The number of nitrogens with zero attached hydrogens (tertiary/aromatic N) is 1. The maximum atomic E-state index is 13.3. The molecule has 0 saturated heterocycles. The van der Waals surface area contributed by atoms with Crippen molar-refractivity contribution >= 4 is 17.9 Å². The third-order valence-electron chi connectivity index (χ3n) is 4.06. The maximum Gasteiger partial charge on any atom is 0.416 e. The maximum absolute atomic E-state index is 13.3. The fourth-order valence-electron chi connectivity index (χ4n) is 2.69. The normalized spacial score (nSPS) is 16.4. The lowest BCUT2D eigenvalue weighted by molar-refractivity contribution is -0.137. The number of hydrogen-bond acceptors (Lipinski definition) is 5. The van der Waals surface area contributed by atoms with E-state index in [-0.39, 0.29) is 11.3 Å². The first kappa shape index (κ1) is 17.9. The average molecular weight is 361 g/mol. The van der Waals surface area contributed by atoms with Crippen LogP contribution in [-0.4, -0.2) is 25.3 Å². The molecule has 0 aromatic heterocycles. The molecule has 1 heterocycles. The molecular formula is C18H16F3N4O. The Morgan fingerprint density at radius 2 is 1.85 bits per heavy atom. The van der Waals surface area contributed by atoms with Gasteiger partial charge in [0.2, 0.25) is 0 Å². The van der Waals surface area contributed by atoms with Gasteiger partial charge in [-0.2, -0.15) is 13.2 Å². The number of carbonyl (C=O) groups excluding carboxylic acids is 1. The largest absolute Gasteiger partial charge is 0.416 e. The molecule has 1 radical (unpaired) electrons. The van der Waals surface area contributed by atoms with Crippen LogP contribution >= 0.6 is 0 Å². The molecule has 0 spiro atoms. The number of nitrogens with two attached hydrogens (primary N) is 1. The summed E-state index contributed by atoms with van der Waals surface area (Å²) in [5.74, 6) is 0.373. The van der Waals surface area contributed by atoms with Gasteiger partial charge in [-0.05, 0) is 35.4 Å². The van der Waals surface area contributed by atoms with Crippen molar-refractivity contribution in [1.29, 1.82) is 0 Å². The van der Waals surface area contributed by atoms with E-state index >= 15 is 0 Å². The number of guanidine groups is 1. The van der Waals surface area contributed by atoms with Crippen LogP contribution in [0.15, 0.2) is 47.5 Å². The number of alkyl halides is 3. The molecule has 3 rings (SSSR count). The number of benzene rings is 2. The summed E-state index contributed by atoms with van der Waals surface area (Å²) in [6, 6.07) is 12.2. The molecule has 4 N–H and O–H groups in total. The molecule has 8 heteroatoms. The predicted octanol–water partition coefficient (Wildman–Crippen LogP) is 2.28. The zero-order chi connectivity index (χ0) is 18.8. The SMILES string of the molecule is NC(C=O)(c1cc[c]cc1)c1cc(NC2=NCCN2)cc(C(F)(F)F)c1. The Morgan fingerprint density at radius 3 is 2.42 bits per heavy atom. The summed E-state index contributed by atoms with van der Waals surface area (Å²) in [6.07, 6.45) is -4.15. The van der Waals surface area contributed by atoms with E-state index in [4.69, 9.17) is 5.73 Å². The molecule has 26 heavy (non-hydrogen) atoms. The van der Waals surface area contributed by atoms with Crippen molar-refractivity contribution in [3.8, 4) is 0 Å². The number of aliphatic imine (C=N–C) groups is 1. The lowest BCUT2D eigenvalue weighted by Crippen LogP contribution is -2.40. The van der Waals surface area contributed by atoms with Gasteiger partial charge < -0.3 is 21.2 Å². The van der Waals surface area contributed by atoms with Gasteiger partial charge in [0, 0.05) is 12.2 Å². The smallest absolute Gasteiger partial charge is 0.354 e. The van der Waals surface area contributed by atoms with Crippen molar-refractivity contribution < 1.29 is 18.0 Å². The highest BCUT2D eigenvalue weighted by molar-refractivity contribution is 5.95. The fraction of sp³-hybridized carbons (Fsp3) is 0.222.